The topological polar surface area (TPSA) is 49.6 Å². The van der Waals surface area contributed by atoms with Crippen molar-refractivity contribution in [1.82, 2.24) is 14.8 Å². The molecule has 2 aromatic rings. The molecule has 1 amide bonds. The van der Waals surface area contributed by atoms with Crippen LogP contribution in [0, 0.1) is 5.82 Å². The third-order valence-corrected chi connectivity index (χ3v) is 5.31. The zero-order valence-corrected chi connectivity index (χ0v) is 14.9. The molecule has 0 bridgehead atoms. The maximum Gasteiger partial charge on any atom is 0.237 e. The van der Waals surface area contributed by atoms with E-state index in [-0.39, 0.29) is 17.8 Å². The summed E-state index contributed by atoms with van der Waals surface area (Å²) in [6.45, 7) is 3.26. The molecule has 0 saturated carbocycles. The molecule has 2 saturated heterocycles. The van der Waals surface area contributed by atoms with Gasteiger partial charge in [-0.1, -0.05) is 18.2 Å². The molecule has 0 N–H and O–H groups in total. The predicted octanol–water partition coefficient (Wildman–Crippen LogP) is 3.16. The fourth-order valence-electron chi connectivity index (χ4n) is 3.93. The molecule has 0 aliphatic carbocycles. The fraction of sp³-hybridized carbons (Fsp3) is 0.500. The summed E-state index contributed by atoms with van der Waals surface area (Å²) in [6, 6.07) is 6.58. The van der Waals surface area contributed by atoms with Gasteiger partial charge in [-0.15, -0.1) is 0 Å². The van der Waals surface area contributed by atoms with E-state index in [1.807, 2.05) is 11.0 Å². The zero-order chi connectivity index (χ0) is 17.9. The standard InChI is InChI=1S/C20H24FN3O2/c21-17-7-2-1-6-15(17)12-16-13-22-20(26-16)18-8-5-11-24(18)19(25)14-23-9-3-4-10-23/h1-2,6-7,13,18H,3-5,8-12,14H2. The lowest BCUT2D eigenvalue weighted by molar-refractivity contribution is -0.133. The van der Waals surface area contributed by atoms with Crippen molar-refractivity contribution in [1.29, 1.82) is 0 Å². The maximum atomic E-state index is 13.8. The van der Waals surface area contributed by atoms with Gasteiger partial charge in [0, 0.05) is 13.0 Å². The van der Waals surface area contributed by atoms with Crippen LogP contribution in [0.1, 0.15) is 48.9 Å². The van der Waals surface area contributed by atoms with Crippen LogP contribution < -0.4 is 0 Å². The van der Waals surface area contributed by atoms with Crippen molar-refractivity contribution in [3.63, 3.8) is 0 Å². The average molecular weight is 357 g/mol. The summed E-state index contributed by atoms with van der Waals surface area (Å²) in [5.41, 5.74) is 0.587. The normalized spacial score (nSPS) is 20.8. The Bertz CT molecular complexity index is 770. The second kappa shape index (κ2) is 7.58. The molecule has 1 aromatic heterocycles. The molecule has 1 aromatic carbocycles. The van der Waals surface area contributed by atoms with Gasteiger partial charge in [0.25, 0.3) is 0 Å². The van der Waals surface area contributed by atoms with Crippen LogP contribution in [0.5, 0.6) is 0 Å². The van der Waals surface area contributed by atoms with Crippen molar-refractivity contribution in [2.45, 2.75) is 38.1 Å². The summed E-state index contributed by atoms with van der Waals surface area (Å²) in [7, 11) is 0. The summed E-state index contributed by atoms with van der Waals surface area (Å²) in [5, 5.41) is 0. The van der Waals surface area contributed by atoms with Gasteiger partial charge in [0.1, 0.15) is 17.6 Å². The second-order valence-corrected chi connectivity index (χ2v) is 7.16. The number of benzene rings is 1. The number of likely N-dealkylation sites (tertiary alicyclic amines) is 2. The highest BCUT2D eigenvalue weighted by molar-refractivity contribution is 5.79. The molecule has 2 fully saturated rings. The molecule has 0 spiro atoms. The van der Waals surface area contributed by atoms with Crippen LogP contribution >= 0.6 is 0 Å². The number of carbonyl (C=O) groups is 1. The predicted molar refractivity (Wildman–Crippen MR) is 95.1 cm³/mol. The molecule has 5 nitrogen and oxygen atoms in total. The lowest BCUT2D eigenvalue weighted by Crippen LogP contribution is -2.39. The van der Waals surface area contributed by atoms with Gasteiger partial charge < -0.3 is 9.32 Å². The Labute approximate surface area is 152 Å². The Morgan fingerprint density at radius 3 is 2.81 bits per heavy atom. The first-order chi connectivity index (χ1) is 12.7. The molecule has 26 heavy (non-hydrogen) atoms. The molecule has 2 aliphatic heterocycles. The number of halogens is 1. The Morgan fingerprint density at radius 1 is 1.19 bits per heavy atom. The smallest absolute Gasteiger partial charge is 0.237 e. The van der Waals surface area contributed by atoms with Gasteiger partial charge in [-0.25, -0.2) is 9.37 Å². The summed E-state index contributed by atoms with van der Waals surface area (Å²) in [5.74, 6) is 1.12. The van der Waals surface area contributed by atoms with Crippen LogP contribution in [-0.2, 0) is 11.2 Å². The first-order valence-electron chi connectivity index (χ1n) is 9.40. The molecule has 1 unspecified atom stereocenters. The summed E-state index contributed by atoms with van der Waals surface area (Å²) in [4.78, 5) is 21.2. The van der Waals surface area contributed by atoms with Crippen LogP contribution in [0.3, 0.4) is 0 Å². The van der Waals surface area contributed by atoms with Crippen molar-refractivity contribution in [3.05, 3.63) is 53.5 Å². The van der Waals surface area contributed by atoms with Gasteiger partial charge in [-0.05, 0) is 50.4 Å². The van der Waals surface area contributed by atoms with Crippen LogP contribution in [0.4, 0.5) is 4.39 Å². The Balaban J connectivity index is 1.44. The highest BCUT2D eigenvalue weighted by atomic mass is 19.1. The number of nitrogens with zero attached hydrogens (tertiary/aromatic N) is 3. The van der Waals surface area contributed by atoms with Crippen LogP contribution in [0.15, 0.2) is 34.9 Å². The molecular weight excluding hydrogens is 333 g/mol. The van der Waals surface area contributed by atoms with E-state index in [9.17, 15) is 9.18 Å². The minimum absolute atomic E-state index is 0.0977. The lowest BCUT2D eigenvalue weighted by atomic mass is 10.1. The minimum atomic E-state index is -0.242. The third kappa shape index (κ3) is 3.65. The number of aromatic nitrogens is 1. The largest absolute Gasteiger partial charge is 0.443 e. The summed E-state index contributed by atoms with van der Waals surface area (Å²) in [6.07, 6.45) is 6.20. The van der Waals surface area contributed by atoms with Crippen LogP contribution in [0.2, 0.25) is 0 Å². The first kappa shape index (κ1) is 17.2. The summed E-state index contributed by atoms with van der Waals surface area (Å²) < 4.78 is 19.7. The lowest BCUT2D eigenvalue weighted by Gasteiger charge is -2.25. The van der Waals surface area contributed by atoms with Crippen molar-refractivity contribution >= 4 is 5.91 Å². The van der Waals surface area contributed by atoms with Gasteiger partial charge in [-0.2, -0.15) is 0 Å². The van der Waals surface area contributed by atoms with E-state index in [0.29, 0.717) is 30.2 Å². The molecule has 0 radical (unpaired) electrons. The van der Waals surface area contributed by atoms with Crippen LogP contribution in [0.25, 0.3) is 0 Å². The second-order valence-electron chi connectivity index (χ2n) is 7.16. The number of amides is 1. The molecule has 1 atom stereocenters. The van der Waals surface area contributed by atoms with Gasteiger partial charge in [0.15, 0.2) is 0 Å². The quantitative estimate of drug-likeness (QED) is 0.825. The number of rotatable bonds is 5. The Hall–Kier alpha value is -2.21. The number of oxazole rings is 1. The molecule has 4 rings (SSSR count). The minimum Gasteiger partial charge on any atom is -0.443 e. The van der Waals surface area contributed by atoms with Crippen molar-refractivity contribution in [2.24, 2.45) is 0 Å². The van der Waals surface area contributed by atoms with Crippen molar-refractivity contribution < 1.29 is 13.6 Å². The first-order valence-corrected chi connectivity index (χ1v) is 9.40. The monoisotopic (exact) mass is 357 g/mol. The van der Waals surface area contributed by atoms with Crippen molar-refractivity contribution in [3.8, 4) is 0 Å². The van der Waals surface area contributed by atoms with E-state index in [1.165, 1.54) is 18.9 Å². The Morgan fingerprint density at radius 2 is 2.00 bits per heavy atom. The highest BCUT2D eigenvalue weighted by Gasteiger charge is 2.34. The summed E-state index contributed by atoms with van der Waals surface area (Å²) >= 11 is 0. The number of carbonyl (C=O) groups excluding carboxylic acids is 1. The van der Waals surface area contributed by atoms with E-state index >= 15 is 0 Å². The SMILES string of the molecule is O=C(CN1CCCC1)N1CCCC1c1ncc(Cc2ccccc2F)o1. The average Bonchev–Trinajstić information content (AvgIpc) is 3.37. The number of hydrogen-bond acceptors (Lipinski definition) is 4. The van der Waals surface area contributed by atoms with Crippen LogP contribution in [-0.4, -0.2) is 46.9 Å². The van der Waals surface area contributed by atoms with E-state index < -0.39 is 0 Å². The molecule has 2 aliphatic rings. The zero-order valence-electron chi connectivity index (χ0n) is 14.9. The molecule has 3 heterocycles. The van der Waals surface area contributed by atoms with Gasteiger partial charge in [-0.3, -0.25) is 9.69 Å². The van der Waals surface area contributed by atoms with E-state index in [0.717, 1.165) is 32.5 Å². The van der Waals surface area contributed by atoms with E-state index in [4.69, 9.17) is 4.42 Å². The van der Waals surface area contributed by atoms with E-state index in [1.54, 1.807) is 18.3 Å². The third-order valence-electron chi connectivity index (χ3n) is 5.31. The fourth-order valence-corrected chi connectivity index (χ4v) is 3.93. The van der Waals surface area contributed by atoms with E-state index in [2.05, 4.69) is 9.88 Å². The molecule has 138 valence electrons. The molecular formula is C20H24FN3O2. The Kier molecular flexibility index (Phi) is 5.02. The van der Waals surface area contributed by atoms with Gasteiger partial charge in [0.2, 0.25) is 11.8 Å². The van der Waals surface area contributed by atoms with Crippen molar-refractivity contribution in [2.75, 3.05) is 26.2 Å². The van der Waals surface area contributed by atoms with Gasteiger partial charge in [0.05, 0.1) is 12.7 Å². The molecule has 6 heteroatoms. The maximum absolute atomic E-state index is 13.8. The van der Waals surface area contributed by atoms with Gasteiger partial charge >= 0.3 is 0 Å². The highest BCUT2D eigenvalue weighted by Crippen LogP contribution is 2.32. The number of hydrogen-bond donors (Lipinski definition) is 0.